The summed E-state index contributed by atoms with van der Waals surface area (Å²) in [6.07, 6.45) is 23.1. The molecule has 37 heteroatoms. The molecule has 2 aliphatic heterocycles. The van der Waals surface area contributed by atoms with E-state index < -0.39 is 115 Å². The number of Topliss-reactive ketones (excluding diaryl/α,β-unsaturated/α-hetero) is 1. The Labute approximate surface area is 821 Å². The molecule has 622 valence electrons. The number of ether oxygens (including phenoxy) is 7. The number of rotatable bonds is 14. The fourth-order valence-electron chi connectivity index (χ4n) is 22.4. The van der Waals surface area contributed by atoms with Crippen molar-refractivity contribution >= 4 is 75.6 Å². The van der Waals surface area contributed by atoms with Crippen LogP contribution in [0.15, 0.2) is 24.3 Å². The molecule has 0 aromatic heterocycles. The monoisotopic (exact) mass is 2100 g/mol. The standard InChI is InChI=1S/C22H34O4.C21H24O8.C12H16O4.C10H16O4S.C7H2F4O3.C7H6O3.6Y/c1-14-12-15-13-18(14)20(22(24)26-17-10-6-3-7-11-17)19(15)21(23)25-16-8-4-2-5-9-16;1-7(19(23)27-16-9-4-11-13(6-9)21(25)29-18(11)16)2-14(22)26-15-8-3-10-12(5-8)20(24)28-17(10)15;13-10(14)11(15)16-12-4-7-1-8(5-12)3-9(2-7)6-12;1-9(2)7-3-4-10(9,8(11)5-7)6-15(12,13)14;8-2-1(7(13)14)6(12)5(11)4(10)3(2)9;8-6-4-2-1-3-5(6)7(9)10;;;;;;/h14-20H,2-13H2,1H3;7-13,15-18H,2-6H2,1H3;7-9H,1-6H2,(H,13,14);7H,3-6H2,1-2H3,(H,12,13,14);12H,(H,13,14);1-4,8H,(H,9,10);;;;;;/p-4. The first-order valence-electron chi connectivity index (χ1n) is 38.8. The number of esters is 7. The van der Waals surface area contributed by atoms with Gasteiger partial charge in [-0.15, -0.1) is 0 Å². The minimum absolute atomic E-state index is 0. The molecule has 2 N–H and O–H groups in total. The minimum atomic E-state index is -4.33. The van der Waals surface area contributed by atoms with Gasteiger partial charge in [-0.2, -0.15) is 0 Å². The summed E-state index contributed by atoms with van der Waals surface area (Å²) in [4.78, 5) is 129. The summed E-state index contributed by atoms with van der Waals surface area (Å²) in [6, 6.07) is 5.54. The Bertz CT molecular complexity index is 4030. The van der Waals surface area contributed by atoms with E-state index in [1.165, 1.54) is 56.4 Å². The van der Waals surface area contributed by atoms with E-state index in [-0.39, 0.29) is 327 Å². The fraction of sp³-hybridized carbons (Fsp3) is 0.709. The zero-order chi connectivity index (χ0) is 79.5. The zero-order valence-electron chi connectivity index (χ0n) is 65.2. The number of carboxylic acids is 3. The molecular formula is C79H94F4O26SY6-4. The van der Waals surface area contributed by atoms with Crippen LogP contribution in [0.5, 0.6) is 11.5 Å². The van der Waals surface area contributed by atoms with Crippen molar-refractivity contribution in [3.63, 3.8) is 0 Å². The minimum Gasteiger partial charge on any atom is -0.872 e. The number of carbonyl (C=O) groups is 11. The van der Waals surface area contributed by atoms with Crippen LogP contribution in [-0.4, -0.2) is 137 Å². The number of aliphatic carboxylic acids is 1. The number of benzene rings is 2. The van der Waals surface area contributed by atoms with Crippen LogP contribution in [0.2, 0.25) is 0 Å². The second-order valence-electron chi connectivity index (χ2n) is 34.3. The molecule has 18 rings (SSSR count). The van der Waals surface area contributed by atoms with Crippen LogP contribution in [0.3, 0.4) is 0 Å². The van der Waals surface area contributed by atoms with Crippen molar-refractivity contribution in [2.75, 3.05) is 5.75 Å². The summed E-state index contributed by atoms with van der Waals surface area (Å²) in [6.45, 7) is 7.71. The molecule has 26 nitrogen and oxygen atoms in total. The zero-order valence-corrected chi connectivity index (χ0v) is 83.0. The maximum atomic E-state index is 13.0. The average molecular weight is 2100 g/mol. The second-order valence-corrected chi connectivity index (χ2v) is 35.7. The van der Waals surface area contributed by atoms with Gasteiger partial charge in [0.05, 0.1) is 63.0 Å². The van der Waals surface area contributed by atoms with Gasteiger partial charge in [-0.25, -0.2) is 40.4 Å². The molecule has 16 aliphatic rings. The molecule has 18 unspecified atom stereocenters. The van der Waals surface area contributed by atoms with Crippen molar-refractivity contribution in [2.45, 2.75) is 237 Å². The Morgan fingerprint density at radius 3 is 1.51 bits per heavy atom. The number of carboxylic acid groups (broad SMARTS) is 3. The fourth-order valence-corrected chi connectivity index (χ4v) is 23.6. The molecular weight excluding hydrogens is 2010 g/mol. The van der Waals surface area contributed by atoms with Crippen molar-refractivity contribution in [3.05, 3.63) is 58.7 Å². The molecule has 2 heterocycles. The van der Waals surface area contributed by atoms with Gasteiger partial charge in [0.25, 0.3) is 0 Å². The molecule has 12 bridgehead atoms. The van der Waals surface area contributed by atoms with Crippen LogP contribution >= 0.6 is 0 Å². The third-order valence-corrected chi connectivity index (χ3v) is 28.2. The van der Waals surface area contributed by atoms with Gasteiger partial charge in [0.15, 0.2) is 29.2 Å². The number of carbonyl (C=O) groups excluding carboxylic acids is 9. The molecule has 2 aromatic rings. The largest absolute Gasteiger partial charge is 0.872 e. The summed E-state index contributed by atoms with van der Waals surface area (Å²) in [5.74, 6) is -17.0. The molecule has 116 heavy (non-hydrogen) atoms. The maximum absolute atomic E-state index is 13.0. The van der Waals surface area contributed by atoms with Crippen LogP contribution in [-0.2, 0) is 283 Å². The third kappa shape index (κ3) is 22.4. The third-order valence-electron chi connectivity index (χ3n) is 27.3. The predicted octanol–water partition coefficient (Wildman–Crippen LogP) is 8.28. The Hall–Kier alpha value is -1.34. The average Bonchev–Trinajstić information content (AvgIpc) is 1.43. The predicted molar refractivity (Wildman–Crippen MR) is 362 cm³/mol. The topological polar surface area (TPSA) is 419 Å². The molecule has 18 atom stereocenters. The second kappa shape index (κ2) is 42.8. The van der Waals surface area contributed by atoms with Gasteiger partial charge >= 0.3 is 53.7 Å². The molecule has 14 aliphatic carbocycles. The van der Waals surface area contributed by atoms with E-state index in [0.29, 0.717) is 48.3 Å². The van der Waals surface area contributed by atoms with E-state index in [9.17, 15) is 98.6 Å². The van der Waals surface area contributed by atoms with Crippen LogP contribution < -0.4 is 15.3 Å². The van der Waals surface area contributed by atoms with E-state index in [1.54, 1.807) is 6.92 Å². The molecule has 6 radical (unpaired) electrons. The van der Waals surface area contributed by atoms with Gasteiger partial charge in [-0.3, -0.25) is 33.6 Å². The first-order chi connectivity index (χ1) is 51.9. The molecule has 2 aromatic carbocycles. The molecule has 0 spiro atoms. The van der Waals surface area contributed by atoms with Gasteiger partial charge in [-0.05, 0) is 194 Å². The van der Waals surface area contributed by atoms with E-state index in [2.05, 4.69) is 6.92 Å². The molecule has 2 saturated heterocycles. The SMILES string of the molecule is CC(CC(=O)OC1C2CC3C(=O)OC1C3C2)C(=O)OC1C2CC3C(=O)OC1C3C2.CC1(C)C2CCC1(CS(=O)(=O)[O-])C(=O)C2.CC1CC2CC1C(C(=O)OC1CCCCC1)C2C(=O)OC1CCCCC1.O=C(O)c1c([O-])c(F)c(F)c(F)c1F.O=C(O)c1ccccc1[O-].O=C([O-])C(=O)OC12CC3CC(CC(C3)C1)C2.[Y].[Y].[Y].[Y].[Y].[Y]. The van der Waals surface area contributed by atoms with Gasteiger partial charge < -0.3 is 68.0 Å². The smallest absolute Gasteiger partial charge is 0.354 e. The van der Waals surface area contributed by atoms with Gasteiger partial charge in [0.1, 0.15) is 48.0 Å². The van der Waals surface area contributed by atoms with E-state index in [4.69, 9.17) is 43.4 Å². The normalized spacial score (nSPS) is 33.9. The summed E-state index contributed by atoms with van der Waals surface area (Å²) < 4.78 is 122. The van der Waals surface area contributed by atoms with Crippen LogP contribution in [0, 0.1) is 129 Å². The Balaban J connectivity index is 0.000000222. The number of hydrogen-bond donors (Lipinski definition) is 2. The number of aromatic carboxylic acids is 2. The first kappa shape index (κ1) is 103. The summed E-state index contributed by atoms with van der Waals surface area (Å²) in [7, 11) is -4.33. The Morgan fingerprint density at radius 1 is 0.595 bits per heavy atom. The van der Waals surface area contributed by atoms with Crippen molar-refractivity contribution < 1.29 is 338 Å². The maximum Gasteiger partial charge on any atom is 0.354 e. The van der Waals surface area contributed by atoms with Crippen molar-refractivity contribution in [3.8, 4) is 11.5 Å². The first-order valence-corrected chi connectivity index (χ1v) is 40.3. The summed E-state index contributed by atoms with van der Waals surface area (Å²) in [5.41, 5.74) is -3.62. The van der Waals surface area contributed by atoms with E-state index >= 15 is 0 Å². The van der Waals surface area contributed by atoms with Gasteiger partial charge in [-0.1, -0.05) is 70.2 Å². The molecule has 0 amide bonds. The number of hydrogen-bond acceptors (Lipinski definition) is 24. The Kier molecular flexibility index (Phi) is 38.1. The van der Waals surface area contributed by atoms with Gasteiger partial charge in [0, 0.05) is 232 Å². The number of ketones is 1. The number of fused-ring (bicyclic) bond motifs is 6. The van der Waals surface area contributed by atoms with Crippen LogP contribution in [0.1, 0.15) is 215 Å². The Morgan fingerprint density at radius 2 is 1.07 bits per heavy atom. The summed E-state index contributed by atoms with van der Waals surface area (Å²) in [5, 5.41) is 48.3. The van der Waals surface area contributed by atoms with Crippen molar-refractivity contribution in [1.82, 2.24) is 0 Å². The summed E-state index contributed by atoms with van der Waals surface area (Å²) >= 11 is 0. The van der Waals surface area contributed by atoms with Crippen LogP contribution in [0.25, 0.3) is 0 Å². The number of halogens is 4. The van der Waals surface area contributed by atoms with E-state index in [0.717, 1.165) is 116 Å². The molecule has 16 fully saturated rings. The van der Waals surface area contributed by atoms with E-state index in [1.807, 2.05) is 13.8 Å². The van der Waals surface area contributed by atoms with Crippen molar-refractivity contribution in [1.29, 1.82) is 0 Å². The van der Waals surface area contributed by atoms with Gasteiger partial charge in [0.2, 0.25) is 0 Å². The number of para-hydroxylation sites is 1. The van der Waals surface area contributed by atoms with Crippen LogP contribution in [0.4, 0.5) is 17.6 Å². The quantitative estimate of drug-likeness (QED) is 0.0341. The van der Waals surface area contributed by atoms with Crippen molar-refractivity contribution in [2.24, 2.45) is 106 Å². The molecule has 14 saturated carbocycles.